The monoisotopic (exact) mass is 193 g/mol. The van der Waals surface area contributed by atoms with Crippen molar-refractivity contribution in [2.45, 2.75) is 19.4 Å². The first-order chi connectivity index (χ1) is 6.55. The van der Waals surface area contributed by atoms with Crippen LogP contribution in [0.4, 0.5) is 0 Å². The van der Waals surface area contributed by atoms with Gasteiger partial charge < -0.3 is 10.2 Å². The molecule has 2 N–H and O–H groups in total. The fourth-order valence-corrected chi connectivity index (χ4v) is 0.882. The van der Waals surface area contributed by atoms with E-state index in [1.54, 1.807) is 24.4 Å². The zero-order valence-electron chi connectivity index (χ0n) is 8.44. The van der Waals surface area contributed by atoms with Crippen LogP contribution in [0.1, 0.15) is 19.4 Å². The molecule has 14 heavy (non-hydrogen) atoms. The molecule has 0 fully saturated rings. The lowest BCUT2D eigenvalue weighted by Gasteiger charge is -2.15. The molecule has 0 saturated heterocycles. The zero-order chi connectivity index (χ0) is 10.6. The van der Waals surface area contributed by atoms with Crippen LogP contribution >= 0.6 is 0 Å². The lowest BCUT2D eigenvalue weighted by molar-refractivity contribution is 0.223. The first-order valence-corrected chi connectivity index (χ1v) is 4.49. The van der Waals surface area contributed by atoms with E-state index >= 15 is 0 Å². The van der Waals surface area contributed by atoms with E-state index in [0.29, 0.717) is 5.56 Å². The summed E-state index contributed by atoms with van der Waals surface area (Å²) in [6, 6.07) is 6.95. The topological polar surface area (TPSA) is 52.8 Å². The highest BCUT2D eigenvalue weighted by atomic mass is 16.3. The minimum atomic E-state index is -0.498. The molecule has 0 aliphatic rings. The predicted molar refractivity (Wildman–Crippen MR) is 56.9 cm³/mol. The average Bonchev–Trinajstić information content (AvgIpc) is 2.17. The van der Waals surface area contributed by atoms with Crippen LogP contribution in [0.15, 0.2) is 29.3 Å². The molecular weight excluding hydrogens is 178 g/mol. The van der Waals surface area contributed by atoms with Crippen molar-refractivity contribution in [2.24, 2.45) is 4.99 Å². The third kappa shape index (κ3) is 2.85. The Morgan fingerprint density at radius 2 is 2.00 bits per heavy atom. The van der Waals surface area contributed by atoms with Crippen molar-refractivity contribution in [1.82, 2.24) is 0 Å². The van der Waals surface area contributed by atoms with Crippen LogP contribution in [0.25, 0.3) is 0 Å². The van der Waals surface area contributed by atoms with Crippen molar-refractivity contribution in [3.05, 3.63) is 29.8 Å². The Kier molecular flexibility index (Phi) is 3.25. The molecule has 0 unspecified atom stereocenters. The molecular formula is C11H15NO2. The Morgan fingerprint density at radius 1 is 1.36 bits per heavy atom. The van der Waals surface area contributed by atoms with E-state index in [1.807, 2.05) is 19.9 Å². The molecule has 0 bridgehead atoms. The Morgan fingerprint density at radius 3 is 2.57 bits per heavy atom. The fraction of sp³-hybridized carbons (Fsp3) is 0.364. The predicted octanol–water partition coefficient (Wildman–Crippen LogP) is 1.58. The van der Waals surface area contributed by atoms with Gasteiger partial charge in [-0.25, -0.2) is 0 Å². The molecule has 0 aromatic heterocycles. The number of aliphatic hydroxyl groups excluding tert-OH is 1. The molecule has 0 spiro atoms. The van der Waals surface area contributed by atoms with Gasteiger partial charge in [0, 0.05) is 11.8 Å². The summed E-state index contributed by atoms with van der Waals surface area (Å²) in [5.74, 6) is 0.199. The summed E-state index contributed by atoms with van der Waals surface area (Å²) < 4.78 is 0. The number of hydrogen-bond acceptors (Lipinski definition) is 3. The zero-order valence-corrected chi connectivity index (χ0v) is 8.44. The number of nitrogens with zero attached hydrogens (tertiary/aromatic N) is 1. The highest BCUT2D eigenvalue weighted by Gasteiger charge is 2.12. The molecule has 1 rings (SSSR count). The molecule has 1 aromatic carbocycles. The normalized spacial score (nSPS) is 12.2. The molecule has 0 radical (unpaired) electrons. The van der Waals surface area contributed by atoms with Crippen LogP contribution in [-0.2, 0) is 0 Å². The molecule has 0 aliphatic heterocycles. The van der Waals surface area contributed by atoms with Gasteiger partial charge in [0.1, 0.15) is 5.75 Å². The van der Waals surface area contributed by atoms with Crippen molar-refractivity contribution < 1.29 is 10.2 Å². The van der Waals surface area contributed by atoms with Crippen LogP contribution < -0.4 is 0 Å². The minimum absolute atomic E-state index is 0.0168. The van der Waals surface area contributed by atoms with Crippen LogP contribution in [0, 0.1) is 0 Å². The first kappa shape index (κ1) is 10.7. The number of para-hydroxylation sites is 1. The van der Waals surface area contributed by atoms with E-state index in [0.717, 1.165) is 0 Å². The van der Waals surface area contributed by atoms with Crippen molar-refractivity contribution in [3.63, 3.8) is 0 Å². The average molecular weight is 193 g/mol. The van der Waals surface area contributed by atoms with Crippen LogP contribution in [0.3, 0.4) is 0 Å². The Balaban J connectivity index is 2.84. The van der Waals surface area contributed by atoms with Crippen LogP contribution in [0.2, 0.25) is 0 Å². The summed E-state index contributed by atoms with van der Waals surface area (Å²) in [5, 5.41) is 18.4. The molecule has 0 heterocycles. The molecule has 3 nitrogen and oxygen atoms in total. The summed E-state index contributed by atoms with van der Waals surface area (Å²) >= 11 is 0. The third-order valence-electron chi connectivity index (χ3n) is 1.88. The van der Waals surface area contributed by atoms with Crippen molar-refractivity contribution >= 4 is 6.21 Å². The minimum Gasteiger partial charge on any atom is -0.507 e. The lowest BCUT2D eigenvalue weighted by Crippen LogP contribution is -2.21. The lowest BCUT2D eigenvalue weighted by atomic mass is 10.1. The molecule has 3 heteroatoms. The maximum absolute atomic E-state index is 9.43. The van der Waals surface area contributed by atoms with Crippen LogP contribution in [0.5, 0.6) is 5.75 Å². The van der Waals surface area contributed by atoms with E-state index in [1.165, 1.54) is 0 Å². The van der Waals surface area contributed by atoms with Gasteiger partial charge in [0.2, 0.25) is 0 Å². The van der Waals surface area contributed by atoms with E-state index in [-0.39, 0.29) is 12.4 Å². The Bertz CT molecular complexity index is 332. The number of aliphatic imine (C=N–C) groups is 1. The highest BCUT2D eigenvalue weighted by Crippen LogP contribution is 2.14. The van der Waals surface area contributed by atoms with Gasteiger partial charge in [-0.1, -0.05) is 12.1 Å². The number of phenolic OH excluding ortho intramolecular Hbond substituents is 1. The highest BCUT2D eigenvalue weighted by molar-refractivity contribution is 5.83. The fourth-order valence-electron chi connectivity index (χ4n) is 0.882. The standard InChI is InChI=1S/C11H15NO2/c1-11(2,8-13)12-7-9-5-3-4-6-10(9)14/h3-7,13-14H,8H2,1-2H3. The van der Waals surface area contributed by atoms with Gasteiger partial charge in [0.05, 0.1) is 12.1 Å². The summed E-state index contributed by atoms with van der Waals surface area (Å²) in [6.45, 7) is 3.63. The quantitative estimate of drug-likeness (QED) is 0.716. The first-order valence-electron chi connectivity index (χ1n) is 4.49. The molecule has 0 amide bonds. The largest absolute Gasteiger partial charge is 0.507 e. The van der Waals surface area contributed by atoms with E-state index in [2.05, 4.69) is 4.99 Å². The maximum Gasteiger partial charge on any atom is 0.124 e. The molecule has 76 valence electrons. The smallest absolute Gasteiger partial charge is 0.124 e. The van der Waals surface area contributed by atoms with Crippen LogP contribution in [-0.4, -0.2) is 28.6 Å². The second-order valence-electron chi connectivity index (χ2n) is 3.79. The van der Waals surface area contributed by atoms with Gasteiger partial charge in [-0.3, -0.25) is 4.99 Å². The van der Waals surface area contributed by atoms with E-state index in [9.17, 15) is 5.11 Å². The summed E-state index contributed by atoms with van der Waals surface area (Å²) in [6.07, 6.45) is 1.57. The van der Waals surface area contributed by atoms with Gasteiger partial charge in [-0.15, -0.1) is 0 Å². The maximum atomic E-state index is 9.43. The van der Waals surface area contributed by atoms with Gasteiger partial charge in [0.25, 0.3) is 0 Å². The molecule has 1 aromatic rings. The summed E-state index contributed by atoms with van der Waals surface area (Å²) in [4.78, 5) is 4.17. The molecule has 0 saturated carbocycles. The molecule has 0 atom stereocenters. The number of rotatable bonds is 3. The Hall–Kier alpha value is -1.35. The summed E-state index contributed by atoms with van der Waals surface area (Å²) in [7, 11) is 0. The van der Waals surface area contributed by atoms with E-state index < -0.39 is 5.54 Å². The third-order valence-corrected chi connectivity index (χ3v) is 1.88. The van der Waals surface area contributed by atoms with Crippen molar-refractivity contribution in [2.75, 3.05) is 6.61 Å². The SMILES string of the molecule is CC(C)(CO)N=Cc1ccccc1O. The number of aliphatic hydroxyl groups is 1. The number of hydrogen-bond donors (Lipinski definition) is 2. The number of phenols is 1. The van der Waals surface area contributed by atoms with Gasteiger partial charge in [-0.2, -0.15) is 0 Å². The second kappa shape index (κ2) is 4.24. The van der Waals surface area contributed by atoms with Crippen molar-refractivity contribution in [1.29, 1.82) is 0 Å². The van der Waals surface area contributed by atoms with Crippen molar-refractivity contribution in [3.8, 4) is 5.75 Å². The second-order valence-corrected chi connectivity index (χ2v) is 3.79. The van der Waals surface area contributed by atoms with Gasteiger partial charge in [-0.05, 0) is 26.0 Å². The van der Waals surface area contributed by atoms with E-state index in [4.69, 9.17) is 5.11 Å². The molecule has 0 aliphatic carbocycles. The number of aromatic hydroxyl groups is 1. The van der Waals surface area contributed by atoms with Gasteiger partial charge in [0.15, 0.2) is 0 Å². The number of benzene rings is 1. The van der Waals surface area contributed by atoms with Gasteiger partial charge >= 0.3 is 0 Å². The Labute approximate surface area is 83.7 Å². The summed E-state index contributed by atoms with van der Waals surface area (Å²) in [5.41, 5.74) is 0.163.